The molecule has 1 aromatic heterocycles. The molecule has 3 nitrogen and oxygen atoms in total. The second kappa shape index (κ2) is 5.21. The van der Waals surface area contributed by atoms with Crippen LogP contribution in [-0.4, -0.2) is 10.8 Å². The number of hydrogen-bond donors (Lipinski definition) is 0. The van der Waals surface area contributed by atoms with Crippen molar-refractivity contribution in [2.24, 2.45) is 0 Å². The molecule has 100 valence electrons. The van der Waals surface area contributed by atoms with Gasteiger partial charge in [0.1, 0.15) is 5.52 Å². The molecule has 0 unspecified atom stereocenters. The van der Waals surface area contributed by atoms with E-state index < -0.39 is 0 Å². The highest BCUT2D eigenvalue weighted by Gasteiger charge is 2.15. The molecule has 0 spiro atoms. The van der Waals surface area contributed by atoms with E-state index in [2.05, 4.69) is 20.9 Å². The Morgan fingerprint density at radius 1 is 1.20 bits per heavy atom. The van der Waals surface area contributed by atoms with Crippen LogP contribution >= 0.6 is 15.9 Å². The SMILES string of the molecule is Cc1cccc(C(=O)Cc2nc3ccccc3o2)c1Br. The zero-order valence-electron chi connectivity index (χ0n) is 10.9. The maximum absolute atomic E-state index is 12.3. The van der Waals surface area contributed by atoms with Crippen LogP contribution in [0.25, 0.3) is 11.1 Å². The molecular formula is C16H12BrNO2. The third kappa shape index (κ3) is 2.39. The van der Waals surface area contributed by atoms with E-state index in [9.17, 15) is 4.79 Å². The van der Waals surface area contributed by atoms with Crippen LogP contribution < -0.4 is 0 Å². The van der Waals surface area contributed by atoms with Gasteiger partial charge in [-0.1, -0.05) is 30.3 Å². The first-order valence-corrected chi connectivity index (χ1v) is 7.07. The summed E-state index contributed by atoms with van der Waals surface area (Å²) in [6, 6.07) is 13.1. The van der Waals surface area contributed by atoms with Gasteiger partial charge < -0.3 is 4.42 Å². The van der Waals surface area contributed by atoms with E-state index in [0.29, 0.717) is 17.0 Å². The zero-order chi connectivity index (χ0) is 14.1. The summed E-state index contributed by atoms with van der Waals surface area (Å²) < 4.78 is 6.42. The molecule has 0 atom stereocenters. The summed E-state index contributed by atoms with van der Waals surface area (Å²) in [5.74, 6) is 0.441. The van der Waals surface area contributed by atoms with Crippen LogP contribution in [0.5, 0.6) is 0 Å². The molecule has 0 saturated heterocycles. The van der Waals surface area contributed by atoms with Crippen molar-refractivity contribution in [3.05, 3.63) is 64.0 Å². The Morgan fingerprint density at radius 2 is 2.00 bits per heavy atom. The molecule has 3 aromatic rings. The lowest BCUT2D eigenvalue weighted by Gasteiger charge is -2.04. The van der Waals surface area contributed by atoms with Crippen LogP contribution in [0, 0.1) is 6.92 Å². The van der Waals surface area contributed by atoms with E-state index in [-0.39, 0.29) is 12.2 Å². The zero-order valence-corrected chi connectivity index (χ0v) is 12.5. The molecule has 4 heteroatoms. The van der Waals surface area contributed by atoms with Gasteiger partial charge in [-0.2, -0.15) is 0 Å². The van der Waals surface area contributed by atoms with E-state index in [0.717, 1.165) is 15.6 Å². The third-order valence-corrected chi connectivity index (χ3v) is 4.19. The summed E-state index contributed by atoms with van der Waals surface area (Å²) in [6.45, 7) is 1.96. The number of ketones is 1. The average molecular weight is 330 g/mol. The number of aromatic nitrogens is 1. The van der Waals surface area contributed by atoms with Gasteiger partial charge in [-0.25, -0.2) is 4.98 Å². The van der Waals surface area contributed by atoms with Gasteiger partial charge >= 0.3 is 0 Å². The number of hydrogen-bond acceptors (Lipinski definition) is 3. The monoisotopic (exact) mass is 329 g/mol. The van der Waals surface area contributed by atoms with Crippen LogP contribution in [0.4, 0.5) is 0 Å². The normalized spacial score (nSPS) is 10.9. The van der Waals surface area contributed by atoms with E-state index in [4.69, 9.17) is 4.42 Å². The second-order valence-corrected chi connectivity index (χ2v) is 5.40. The first-order valence-electron chi connectivity index (χ1n) is 6.28. The molecule has 0 bridgehead atoms. The molecule has 20 heavy (non-hydrogen) atoms. The number of Topliss-reactive ketones (excluding diaryl/α,β-unsaturated/α-hetero) is 1. The number of oxazole rings is 1. The minimum Gasteiger partial charge on any atom is -0.440 e. The summed E-state index contributed by atoms with van der Waals surface area (Å²) in [4.78, 5) is 16.7. The molecule has 0 aliphatic carbocycles. The Balaban J connectivity index is 1.90. The summed E-state index contributed by atoms with van der Waals surface area (Å²) in [5.41, 5.74) is 3.18. The maximum Gasteiger partial charge on any atom is 0.203 e. The fourth-order valence-electron chi connectivity index (χ4n) is 2.09. The number of carbonyl (C=O) groups excluding carboxylic acids is 1. The molecule has 1 heterocycles. The largest absolute Gasteiger partial charge is 0.440 e. The smallest absolute Gasteiger partial charge is 0.203 e. The number of halogens is 1. The summed E-state index contributed by atoms with van der Waals surface area (Å²) in [6.07, 6.45) is 0.163. The average Bonchev–Trinajstić information content (AvgIpc) is 2.83. The Bertz CT molecular complexity index is 759. The third-order valence-electron chi connectivity index (χ3n) is 3.14. The van der Waals surface area contributed by atoms with Gasteiger partial charge in [0.05, 0.1) is 6.42 Å². The molecule has 3 rings (SSSR count). The van der Waals surface area contributed by atoms with Crippen molar-refractivity contribution in [2.45, 2.75) is 13.3 Å². The van der Waals surface area contributed by atoms with Gasteiger partial charge in [0.15, 0.2) is 11.4 Å². The molecule has 0 fully saturated rings. The van der Waals surface area contributed by atoms with Crippen molar-refractivity contribution in [1.82, 2.24) is 4.98 Å². The minimum absolute atomic E-state index is 0.00729. The van der Waals surface area contributed by atoms with E-state index in [1.54, 1.807) is 0 Å². The van der Waals surface area contributed by atoms with Crippen LogP contribution in [0.1, 0.15) is 21.8 Å². The lowest BCUT2D eigenvalue weighted by molar-refractivity contribution is 0.0985. The van der Waals surface area contributed by atoms with Crippen molar-refractivity contribution < 1.29 is 9.21 Å². The fraction of sp³-hybridized carbons (Fsp3) is 0.125. The number of aryl methyl sites for hydroxylation is 1. The lowest BCUT2D eigenvalue weighted by atomic mass is 10.1. The van der Waals surface area contributed by atoms with E-state index in [1.807, 2.05) is 49.4 Å². The highest BCUT2D eigenvalue weighted by atomic mass is 79.9. The summed E-state index contributed by atoms with van der Waals surface area (Å²) in [5, 5.41) is 0. The highest BCUT2D eigenvalue weighted by Crippen LogP contribution is 2.23. The fourth-order valence-corrected chi connectivity index (χ4v) is 2.58. The van der Waals surface area contributed by atoms with Crippen molar-refractivity contribution in [3.8, 4) is 0 Å². The van der Waals surface area contributed by atoms with E-state index >= 15 is 0 Å². The molecule has 0 aliphatic heterocycles. The van der Waals surface area contributed by atoms with Crippen molar-refractivity contribution in [2.75, 3.05) is 0 Å². The van der Waals surface area contributed by atoms with Crippen LogP contribution in [0.3, 0.4) is 0 Å². The van der Waals surface area contributed by atoms with Crippen molar-refractivity contribution in [1.29, 1.82) is 0 Å². The number of fused-ring (bicyclic) bond motifs is 1. The van der Waals surface area contributed by atoms with Gasteiger partial charge in [0.2, 0.25) is 5.89 Å². The number of benzene rings is 2. The van der Waals surface area contributed by atoms with Crippen LogP contribution in [-0.2, 0) is 6.42 Å². The minimum atomic E-state index is -0.00729. The summed E-state index contributed by atoms with van der Waals surface area (Å²) in [7, 11) is 0. The van der Waals surface area contributed by atoms with Crippen LogP contribution in [0.2, 0.25) is 0 Å². The molecule has 0 amide bonds. The van der Waals surface area contributed by atoms with Crippen molar-refractivity contribution in [3.63, 3.8) is 0 Å². The number of carbonyl (C=O) groups is 1. The Morgan fingerprint density at radius 3 is 2.80 bits per heavy atom. The molecular weight excluding hydrogens is 318 g/mol. The van der Waals surface area contributed by atoms with E-state index in [1.165, 1.54) is 0 Å². The predicted octanol–water partition coefficient (Wildman–Crippen LogP) is 4.32. The standard InChI is InChI=1S/C16H12BrNO2/c1-10-5-4-6-11(16(10)17)13(19)9-15-18-12-7-2-3-8-14(12)20-15/h2-8H,9H2,1H3. The lowest BCUT2D eigenvalue weighted by Crippen LogP contribution is -2.05. The first kappa shape index (κ1) is 13.1. The molecule has 0 radical (unpaired) electrons. The molecule has 0 aliphatic rings. The predicted molar refractivity (Wildman–Crippen MR) is 80.9 cm³/mol. The van der Waals surface area contributed by atoms with Crippen LogP contribution in [0.15, 0.2) is 51.4 Å². The number of rotatable bonds is 3. The van der Waals surface area contributed by atoms with Gasteiger partial charge in [-0.05, 0) is 40.5 Å². The first-order chi connectivity index (χ1) is 9.65. The molecule has 0 saturated carbocycles. The Kier molecular flexibility index (Phi) is 3.40. The highest BCUT2D eigenvalue weighted by molar-refractivity contribution is 9.10. The molecule has 0 N–H and O–H groups in total. The van der Waals surface area contributed by atoms with Gasteiger partial charge in [0.25, 0.3) is 0 Å². The molecule has 2 aromatic carbocycles. The van der Waals surface area contributed by atoms with Gasteiger partial charge in [-0.15, -0.1) is 0 Å². The van der Waals surface area contributed by atoms with Crippen molar-refractivity contribution >= 4 is 32.8 Å². The topological polar surface area (TPSA) is 43.1 Å². The van der Waals surface area contributed by atoms with Gasteiger partial charge in [0, 0.05) is 10.0 Å². The Labute approximate surface area is 124 Å². The number of nitrogens with zero attached hydrogens (tertiary/aromatic N) is 1. The second-order valence-electron chi connectivity index (χ2n) is 4.61. The Hall–Kier alpha value is -1.94. The number of para-hydroxylation sites is 2. The van der Waals surface area contributed by atoms with Gasteiger partial charge in [-0.3, -0.25) is 4.79 Å². The maximum atomic E-state index is 12.3. The summed E-state index contributed by atoms with van der Waals surface area (Å²) >= 11 is 3.46. The quantitative estimate of drug-likeness (QED) is 0.672.